The number of amides is 1. The Labute approximate surface area is 113 Å². The van der Waals surface area contributed by atoms with Crippen molar-refractivity contribution in [2.24, 2.45) is 11.7 Å². The predicted molar refractivity (Wildman–Crippen MR) is 71.2 cm³/mol. The molecule has 0 saturated heterocycles. The van der Waals surface area contributed by atoms with Gasteiger partial charge in [-0.25, -0.2) is 4.98 Å². The summed E-state index contributed by atoms with van der Waals surface area (Å²) in [4.78, 5) is 15.9. The van der Waals surface area contributed by atoms with Crippen molar-refractivity contribution >= 4 is 5.91 Å². The van der Waals surface area contributed by atoms with E-state index in [9.17, 15) is 4.79 Å². The molecule has 0 unspecified atom stereocenters. The average Bonchev–Trinajstić information content (AvgIpc) is 3.17. The molecule has 1 aromatic rings. The number of nitrogens with zero attached hydrogens (tertiary/aromatic N) is 1. The molecule has 1 saturated carbocycles. The number of methoxy groups -OCH3 is 1. The van der Waals surface area contributed by atoms with Gasteiger partial charge in [0, 0.05) is 5.56 Å². The average molecular weight is 264 g/mol. The third kappa shape index (κ3) is 2.64. The summed E-state index contributed by atoms with van der Waals surface area (Å²) >= 11 is 0. The summed E-state index contributed by atoms with van der Waals surface area (Å²) in [6.45, 7) is 4.68. The maximum Gasteiger partial charge on any atom is 0.228 e. The Balaban J connectivity index is 2.35. The smallest absolute Gasteiger partial charge is 0.228 e. The molecular formula is C14H20N2O3. The van der Waals surface area contributed by atoms with Crippen LogP contribution < -0.4 is 15.2 Å². The fourth-order valence-corrected chi connectivity index (χ4v) is 2.02. The lowest BCUT2D eigenvalue weighted by Gasteiger charge is -2.17. The first-order chi connectivity index (χ1) is 8.99. The van der Waals surface area contributed by atoms with Crippen molar-refractivity contribution in [2.75, 3.05) is 13.7 Å². The minimum absolute atomic E-state index is 0.322. The normalized spacial score (nSPS) is 16.2. The van der Waals surface area contributed by atoms with Gasteiger partial charge >= 0.3 is 0 Å². The molecule has 5 heteroatoms. The van der Waals surface area contributed by atoms with Gasteiger partial charge < -0.3 is 15.2 Å². The largest absolute Gasteiger partial charge is 0.495 e. The number of carbonyl (C=O) groups is 1. The molecule has 1 aliphatic rings. The first-order valence-electron chi connectivity index (χ1n) is 6.47. The molecule has 104 valence electrons. The molecule has 1 fully saturated rings. The molecule has 2 N–H and O–H groups in total. The number of aromatic nitrogens is 1. The van der Waals surface area contributed by atoms with Crippen LogP contribution in [-0.2, 0) is 10.2 Å². The van der Waals surface area contributed by atoms with Gasteiger partial charge in [0.2, 0.25) is 11.8 Å². The number of rotatable bonds is 6. The first kappa shape index (κ1) is 13.6. The Kier molecular flexibility index (Phi) is 3.64. The van der Waals surface area contributed by atoms with Crippen molar-refractivity contribution in [3.05, 3.63) is 17.8 Å². The number of carbonyl (C=O) groups excluding carboxylic acids is 1. The number of nitrogens with two attached hydrogens (primary N) is 1. The van der Waals surface area contributed by atoms with Crippen LogP contribution >= 0.6 is 0 Å². The molecule has 2 rings (SSSR count). The Morgan fingerprint density at radius 1 is 1.53 bits per heavy atom. The topological polar surface area (TPSA) is 74.4 Å². The molecule has 0 aromatic carbocycles. The zero-order valence-electron chi connectivity index (χ0n) is 11.6. The van der Waals surface area contributed by atoms with Gasteiger partial charge in [0.15, 0.2) is 0 Å². The second kappa shape index (κ2) is 5.07. The summed E-state index contributed by atoms with van der Waals surface area (Å²) in [5.74, 6) is 1.17. The van der Waals surface area contributed by atoms with Crippen LogP contribution in [0.4, 0.5) is 0 Å². The van der Waals surface area contributed by atoms with Crippen LogP contribution in [0.5, 0.6) is 11.6 Å². The van der Waals surface area contributed by atoms with Crippen molar-refractivity contribution in [1.82, 2.24) is 4.98 Å². The minimum atomic E-state index is -0.617. The molecule has 0 atom stereocenters. The van der Waals surface area contributed by atoms with Gasteiger partial charge in [0.25, 0.3) is 0 Å². The molecule has 19 heavy (non-hydrogen) atoms. The van der Waals surface area contributed by atoms with E-state index in [0.29, 0.717) is 24.2 Å². The van der Waals surface area contributed by atoms with E-state index in [-0.39, 0.29) is 5.91 Å². The molecule has 1 aliphatic carbocycles. The number of primary amides is 1. The summed E-state index contributed by atoms with van der Waals surface area (Å²) in [6.07, 6.45) is 3.08. The van der Waals surface area contributed by atoms with E-state index in [1.807, 2.05) is 0 Å². The van der Waals surface area contributed by atoms with Crippen molar-refractivity contribution in [1.29, 1.82) is 0 Å². The SMILES string of the molecule is COc1cnc(OCC(C)C)c(C2(C(N)=O)CC2)c1. The molecule has 1 heterocycles. The highest BCUT2D eigenvalue weighted by Crippen LogP contribution is 2.51. The number of pyridine rings is 1. The van der Waals surface area contributed by atoms with Gasteiger partial charge in [-0.3, -0.25) is 4.79 Å². The highest BCUT2D eigenvalue weighted by atomic mass is 16.5. The van der Waals surface area contributed by atoms with E-state index in [1.165, 1.54) is 0 Å². The van der Waals surface area contributed by atoms with E-state index < -0.39 is 5.41 Å². The van der Waals surface area contributed by atoms with Crippen LogP contribution in [0.2, 0.25) is 0 Å². The lowest BCUT2D eigenvalue weighted by atomic mass is 9.96. The Morgan fingerprint density at radius 2 is 2.21 bits per heavy atom. The lowest BCUT2D eigenvalue weighted by Crippen LogP contribution is -2.29. The molecule has 5 nitrogen and oxygen atoms in total. The quantitative estimate of drug-likeness (QED) is 0.847. The third-order valence-electron chi connectivity index (χ3n) is 3.35. The van der Waals surface area contributed by atoms with Crippen molar-refractivity contribution < 1.29 is 14.3 Å². The van der Waals surface area contributed by atoms with E-state index >= 15 is 0 Å². The number of hydrogen-bond donors (Lipinski definition) is 1. The maximum atomic E-state index is 11.7. The van der Waals surface area contributed by atoms with Gasteiger partial charge in [-0.1, -0.05) is 13.8 Å². The maximum absolute atomic E-state index is 11.7. The summed E-state index contributed by atoms with van der Waals surface area (Å²) in [5, 5.41) is 0. The number of ether oxygens (including phenoxy) is 2. The Bertz CT molecular complexity index is 482. The first-order valence-corrected chi connectivity index (χ1v) is 6.47. The van der Waals surface area contributed by atoms with Gasteiger partial charge in [-0.05, 0) is 24.8 Å². The number of hydrogen-bond acceptors (Lipinski definition) is 4. The van der Waals surface area contributed by atoms with Crippen molar-refractivity contribution in [2.45, 2.75) is 32.1 Å². The van der Waals surface area contributed by atoms with E-state index in [4.69, 9.17) is 15.2 Å². The van der Waals surface area contributed by atoms with Gasteiger partial charge in [-0.15, -0.1) is 0 Å². The molecule has 1 amide bonds. The molecular weight excluding hydrogens is 244 g/mol. The van der Waals surface area contributed by atoms with Crippen LogP contribution in [0, 0.1) is 5.92 Å². The fourth-order valence-electron chi connectivity index (χ4n) is 2.02. The van der Waals surface area contributed by atoms with Gasteiger partial charge in [-0.2, -0.15) is 0 Å². The lowest BCUT2D eigenvalue weighted by molar-refractivity contribution is -0.120. The van der Waals surface area contributed by atoms with Crippen LogP contribution in [-0.4, -0.2) is 24.6 Å². The molecule has 1 aromatic heterocycles. The van der Waals surface area contributed by atoms with E-state index in [2.05, 4.69) is 18.8 Å². The van der Waals surface area contributed by atoms with E-state index in [0.717, 1.165) is 18.4 Å². The monoisotopic (exact) mass is 264 g/mol. The van der Waals surface area contributed by atoms with E-state index in [1.54, 1.807) is 19.4 Å². The summed E-state index contributed by atoms with van der Waals surface area (Å²) in [6, 6.07) is 1.81. The Morgan fingerprint density at radius 3 is 2.68 bits per heavy atom. The minimum Gasteiger partial charge on any atom is -0.495 e. The standard InChI is InChI=1S/C14H20N2O3/c1-9(2)8-19-12-11(6-10(18-3)7-16-12)14(4-5-14)13(15)17/h6-7,9H,4-5,8H2,1-3H3,(H2,15,17). The Hall–Kier alpha value is -1.78. The highest BCUT2D eigenvalue weighted by Gasteiger charge is 2.52. The van der Waals surface area contributed by atoms with Crippen LogP contribution in [0.1, 0.15) is 32.3 Å². The van der Waals surface area contributed by atoms with Crippen molar-refractivity contribution in [3.63, 3.8) is 0 Å². The summed E-state index contributed by atoms with van der Waals surface area (Å²) < 4.78 is 10.9. The van der Waals surface area contributed by atoms with Gasteiger partial charge in [0.1, 0.15) is 5.75 Å². The van der Waals surface area contributed by atoms with Crippen LogP contribution in [0.15, 0.2) is 12.3 Å². The second-order valence-electron chi connectivity index (χ2n) is 5.38. The summed E-state index contributed by atoms with van der Waals surface area (Å²) in [7, 11) is 1.57. The molecule has 0 radical (unpaired) electrons. The van der Waals surface area contributed by atoms with Crippen LogP contribution in [0.25, 0.3) is 0 Å². The zero-order chi connectivity index (χ0) is 14.0. The second-order valence-corrected chi connectivity index (χ2v) is 5.38. The molecule has 0 bridgehead atoms. The summed E-state index contributed by atoms with van der Waals surface area (Å²) in [5.41, 5.74) is 5.65. The third-order valence-corrected chi connectivity index (χ3v) is 3.35. The van der Waals surface area contributed by atoms with Gasteiger partial charge in [0.05, 0.1) is 25.3 Å². The molecule has 0 aliphatic heterocycles. The van der Waals surface area contributed by atoms with Crippen LogP contribution in [0.3, 0.4) is 0 Å². The fraction of sp³-hybridized carbons (Fsp3) is 0.571. The molecule has 0 spiro atoms. The highest BCUT2D eigenvalue weighted by molar-refractivity contribution is 5.90. The van der Waals surface area contributed by atoms with Crippen molar-refractivity contribution in [3.8, 4) is 11.6 Å². The zero-order valence-corrected chi connectivity index (χ0v) is 11.6. The predicted octanol–water partition coefficient (Wildman–Crippen LogP) is 1.64.